The lowest BCUT2D eigenvalue weighted by Crippen LogP contribution is -2.19. The fourth-order valence-electron chi connectivity index (χ4n) is 3.21. The number of hydrogen-bond donors (Lipinski definition) is 3. The maximum absolute atomic E-state index is 12.9. The molecular formula is C22H32N4O2S. The van der Waals surface area contributed by atoms with Crippen molar-refractivity contribution in [1.82, 2.24) is 5.32 Å². The van der Waals surface area contributed by atoms with Crippen molar-refractivity contribution in [2.45, 2.75) is 57.9 Å². The van der Waals surface area contributed by atoms with E-state index in [1.165, 1.54) is 0 Å². The van der Waals surface area contributed by atoms with E-state index in [1.807, 2.05) is 26.1 Å². The minimum atomic E-state index is -3.34. The van der Waals surface area contributed by atoms with Gasteiger partial charge in [0.2, 0.25) is 0 Å². The van der Waals surface area contributed by atoms with Gasteiger partial charge < -0.3 is 10.6 Å². The molecule has 0 aliphatic heterocycles. The van der Waals surface area contributed by atoms with Crippen LogP contribution in [0.25, 0.3) is 0 Å². The van der Waals surface area contributed by atoms with Crippen molar-refractivity contribution < 1.29 is 9.00 Å². The standard InChI is InChI=1S/C22H32N4O2S/c1-14(2)19-11-16(5)12-20(15(3)4)21(19)25-22(27)26-29(23,28)18-9-7-17(8-10-18)13-24-6/h7-12,14-15,24H,13H2,1-6H3,(H3,23,25,26,27,28). The van der Waals surface area contributed by atoms with Crippen LogP contribution in [0, 0.1) is 6.92 Å². The molecule has 2 rings (SSSR count). The van der Waals surface area contributed by atoms with Gasteiger partial charge >= 0.3 is 6.03 Å². The number of urea groups is 1. The van der Waals surface area contributed by atoms with Gasteiger partial charge in [-0.15, -0.1) is 4.36 Å². The first-order valence-electron chi connectivity index (χ1n) is 9.79. The molecule has 1 atom stereocenters. The Morgan fingerprint density at radius 1 is 1.07 bits per heavy atom. The fourth-order valence-corrected chi connectivity index (χ4v) is 4.13. The largest absolute Gasteiger partial charge is 0.354 e. The molecule has 0 saturated carbocycles. The number of rotatable bonds is 6. The van der Waals surface area contributed by atoms with Crippen LogP contribution in [-0.4, -0.2) is 17.3 Å². The van der Waals surface area contributed by atoms with E-state index in [0.29, 0.717) is 11.4 Å². The third-order valence-electron chi connectivity index (χ3n) is 4.68. The van der Waals surface area contributed by atoms with Gasteiger partial charge in [0.25, 0.3) is 0 Å². The molecule has 0 aromatic heterocycles. The summed E-state index contributed by atoms with van der Waals surface area (Å²) in [7, 11) is -1.49. The van der Waals surface area contributed by atoms with Crippen molar-refractivity contribution in [3.63, 3.8) is 0 Å². The second-order valence-electron chi connectivity index (χ2n) is 7.89. The van der Waals surface area contributed by atoms with Crippen LogP contribution in [0.1, 0.15) is 61.8 Å². The minimum absolute atomic E-state index is 0.213. The molecule has 0 aliphatic carbocycles. The molecule has 2 amide bonds. The number of hydrogen-bond acceptors (Lipinski definition) is 3. The highest BCUT2D eigenvalue weighted by atomic mass is 32.2. The maximum atomic E-state index is 12.9. The number of anilines is 1. The number of nitrogens with zero attached hydrogens (tertiary/aromatic N) is 1. The topological polar surface area (TPSA) is 96.6 Å². The van der Waals surface area contributed by atoms with Gasteiger partial charge in [0.05, 0.1) is 4.90 Å². The first kappa shape index (κ1) is 23.1. The Morgan fingerprint density at radius 2 is 1.59 bits per heavy atom. The third kappa shape index (κ3) is 5.88. The number of nitrogens with one attached hydrogen (secondary N) is 2. The number of aryl methyl sites for hydroxylation is 1. The molecule has 158 valence electrons. The zero-order chi connectivity index (χ0) is 21.8. The highest BCUT2D eigenvalue weighted by molar-refractivity contribution is 7.91. The van der Waals surface area contributed by atoms with Crippen molar-refractivity contribution in [1.29, 1.82) is 0 Å². The summed E-state index contributed by atoms with van der Waals surface area (Å²) >= 11 is 0. The Kier molecular flexibility index (Phi) is 7.57. The number of carbonyl (C=O) groups is 1. The first-order valence-corrected chi connectivity index (χ1v) is 11.4. The molecule has 0 spiro atoms. The van der Waals surface area contributed by atoms with Gasteiger partial charge in [-0.25, -0.2) is 14.1 Å². The summed E-state index contributed by atoms with van der Waals surface area (Å²) in [6.07, 6.45) is 0. The van der Waals surface area contributed by atoms with E-state index in [1.54, 1.807) is 12.1 Å². The van der Waals surface area contributed by atoms with Gasteiger partial charge in [-0.2, -0.15) is 0 Å². The molecule has 0 aliphatic rings. The predicted octanol–water partition coefficient (Wildman–Crippen LogP) is 4.89. The molecule has 2 aromatic carbocycles. The Balaban J connectivity index is 2.40. The summed E-state index contributed by atoms with van der Waals surface area (Å²) in [4.78, 5) is 13.0. The Bertz CT molecular complexity index is 959. The van der Waals surface area contributed by atoms with E-state index in [9.17, 15) is 9.00 Å². The molecule has 29 heavy (non-hydrogen) atoms. The highest BCUT2D eigenvalue weighted by Crippen LogP contribution is 2.34. The van der Waals surface area contributed by atoms with Crippen LogP contribution in [0.15, 0.2) is 45.7 Å². The lowest BCUT2D eigenvalue weighted by Gasteiger charge is -2.20. The van der Waals surface area contributed by atoms with Crippen molar-refractivity contribution in [3.05, 3.63) is 58.7 Å². The second kappa shape index (κ2) is 9.52. The van der Waals surface area contributed by atoms with Crippen LogP contribution in [0.5, 0.6) is 0 Å². The van der Waals surface area contributed by atoms with Gasteiger partial charge in [0.1, 0.15) is 9.92 Å². The molecule has 0 heterocycles. The monoisotopic (exact) mass is 416 g/mol. The minimum Gasteiger partial charge on any atom is -0.316 e. The zero-order valence-electron chi connectivity index (χ0n) is 18.1. The molecule has 6 nitrogen and oxygen atoms in total. The van der Waals surface area contributed by atoms with Crippen LogP contribution in [0.4, 0.5) is 10.5 Å². The van der Waals surface area contributed by atoms with E-state index >= 15 is 0 Å². The summed E-state index contributed by atoms with van der Waals surface area (Å²) in [5, 5.41) is 11.8. The van der Waals surface area contributed by atoms with E-state index in [2.05, 4.69) is 54.8 Å². The molecule has 1 unspecified atom stereocenters. The average molecular weight is 417 g/mol. The number of benzene rings is 2. The van der Waals surface area contributed by atoms with Crippen molar-refractivity contribution in [2.75, 3.05) is 12.4 Å². The summed E-state index contributed by atoms with van der Waals surface area (Å²) < 4.78 is 16.7. The molecule has 7 heteroatoms. The van der Waals surface area contributed by atoms with Gasteiger partial charge in [0, 0.05) is 12.2 Å². The Morgan fingerprint density at radius 3 is 2.03 bits per heavy atom. The number of carbonyl (C=O) groups excluding carboxylic acids is 1. The number of amides is 2. The third-order valence-corrected chi connectivity index (χ3v) is 6.06. The van der Waals surface area contributed by atoms with Gasteiger partial charge in [-0.1, -0.05) is 57.5 Å². The predicted molar refractivity (Wildman–Crippen MR) is 121 cm³/mol. The summed E-state index contributed by atoms with van der Waals surface area (Å²) in [5.74, 6) is 0.425. The van der Waals surface area contributed by atoms with Crippen LogP contribution < -0.4 is 15.8 Å². The molecular weight excluding hydrogens is 384 g/mol. The molecule has 0 fully saturated rings. The molecule has 2 aromatic rings. The van der Waals surface area contributed by atoms with Crippen LogP contribution >= 0.6 is 0 Å². The lowest BCUT2D eigenvalue weighted by atomic mass is 9.90. The highest BCUT2D eigenvalue weighted by Gasteiger charge is 2.18. The van der Waals surface area contributed by atoms with Crippen LogP contribution in [0.3, 0.4) is 0 Å². The molecule has 0 saturated heterocycles. The van der Waals surface area contributed by atoms with Crippen LogP contribution in [-0.2, 0) is 16.5 Å². The van der Waals surface area contributed by atoms with Crippen molar-refractivity contribution in [2.24, 2.45) is 9.50 Å². The van der Waals surface area contributed by atoms with E-state index in [-0.39, 0.29) is 11.8 Å². The van der Waals surface area contributed by atoms with Gasteiger partial charge in [0.15, 0.2) is 0 Å². The first-order chi connectivity index (χ1) is 13.5. The van der Waals surface area contributed by atoms with Crippen LogP contribution in [0.2, 0.25) is 0 Å². The normalized spacial score (nSPS) is 13.4. The lowest BCUT2D eigenvalue weighted by molar-refractivity contribution is 0.260. The van der Waals surface area contributed by atoms with Gasteiger partial charge in [-0.05, 0) is 54.6 Å². The maximum Gasteiger partial charge on any atom is 0.354 e. The van der Waals surface area contributed by atoms with Crippen molar-refractivity contribution in [3.8, 4) is 0 Å². The molecule has 0 radical (unpaired) electrons. The fraction of sp³-hybridized carbons (Fsp3) is 0.409. The van der Waals surface area contributed by atoms with E-state index in [0.717, 1.165) is 27.9 Å². The SMILES string of the molecule is CNCc1ccc(S(N)(=O)=NC(=O)Nc2c(C(C)C)cc(C)cc2C(C)C)cc1. The van der Waals surface area contributed by atoms with E-state index in [4.69, 9.17) is 5.14 Å². The second-order valence-corrected chi connectivity index (χ2v) is 9.68. The van der Waals surface area contributed by atoms with Crippen molar-refractivity contribution >= 4 is 21.6 Å². The summed E-state index contributed by atoms with van der Waals surface area (Å²) in [6.45, 7) is 11.0. The zero-order valence-corrected chi connectivity index (χ0v) is 18.9. The smallest absolute Gasteiger partial charge is 0.316 e. The molecule has 4 N–H and O–H groups in total. The summed E-state index contributed by atoms with van der Waals surface area (Å²) in [6, 6.07) is 10.4. The Labute approximate surface area is 174 Å². The molecule has 0 bridgehead atoms. The average Bonchev–Trinajstić information content (AvgIpc) is 2.62. The summed E-state index contributed by atoms with van der Waals surface area (Å²) in [5.41, 5.74) is 4.94. The van der Waals surface area contributed by atoms with E-state index < -0.39 is 15.9 Å². The number of nitrogens with two attached hydrogens (primary N) is 1. The quantitative estimate of drug-likeness (QED) is 0.625. The Hall–Kier alpha value is -2.22. The van der Waals surface area contributed by atoms with Gasteiger partial charge in [-0.3, -0.25) is 0 Å².